The Balaban J connectivity index is 2.28. The molecule has 1 amide bonds. The van der Waals surface area contributed by atoms with E-state index in [9.17, 15) is 23.2 Å². The van der Waals surface area contributed by atoms with Gasteiger partial charge >= 0.3 is 5.97 Å². The molecule has 1 aromatic heterocycles. The van der Waals surface area contributed by atoms with Crippen LogP contribution in [0.3, 0.4) is 0 Å². The number of nitrogens with zero attached hydrogens (tertiary/aromatic N) is 2. The van der Waals surface area contributed by atoms with Crippen molar-refractivity contribution in [2.75, 3.05) is 18.7 Å². The van der Waals surface area contributed by atoms with Crippen molar-refractivity contribution in [1.29, 1.82) is 0 Å². The van der Waals surface area contributed by atoms with Gasteiger partial charge in [-0.25, -0.2) is 9.18 Å². The van der Waals surface area contributed by atoms with Crippen LogP contribution in [0.2, 0.25) is 0 Å². The van der Waals surface area contributed by atoms with Crippen molar-refractivity contribution < 1.29 is 27.8 Å². The Morgan fingerprint density at radius 3 is 2.57 bits per heavy atom. The molecule has 0 atom stereocenters. The maximum Gasteiger partial charge on any atom is 0.343 e. The van der Waals surface area contributed by atoms with Gasteiger partial charge in [-0.05, 0) is 18.6 Å². The summed E-state index contributed by atoms with van der Waals surface area (Å²) < 4.78 is 40.4. The number of ether oxygens (including phenoxy) is 2. The van der Waals surface area contributed by atoms with E-state index in [4.69, 9.17) is 9.47 Å². The van der Waals surface area contributed by atoms with E-state index < -0.39 is 34.3 Å². The lowest BCUT2D eigenvalue weighted by atomic mass is 10.1. The molecule has 0 saturated heterocycles. The molecule has 0 aliphatic carbocycles. The zero-order valence-electron chi connectivity index (χ0n) is 16.2. The van der Waals surface area contributed by atoms with Crippen molar-refractivity contribution in [3.05, 3.63) is 75.6 Å². The number of aromatic nitrogens is 1. The van der Waals surface area contributed by atoms with E-state index in [1.54, 1.807) is 37.3 Å². The van der Waals surface area contributed by atoms with Crippen LogP contribution in [0.1, 0.15) is 22.8 Å². The highest BCUT2D eigenvalue weighted by Gasteiger charge is 2.25. The molecule has 2 aromatic carbocycles. The normalized spacial score (nSPS) is 10.7. The standard InChI is InChI=1S/C21H18F2N2O5/c1-3-29-21(28)15-10-25(24(2)12-26)18-14(19(15)27)9-16(22)17(23)20(18)30-11-13-7-5-4-6-8-13/h4-10,12H,3,11H2,1-2H3. The topological polar surface area (TPSA) is 77.8 Å². The Labute approximate surface area is 170 Å². The largest absolute Gasteiger partial charge is 0.483 e. The van der Waals surface area contributed by atoms with E-state index in [1.165, 1.54) is 7.05 Å². The van der Waals surface area contributed by atoms with Crippen LogP contribution in [0, 0.1) is 11.6 Å². The fourth-order valence-electron chi connectivity index (χ4n) is 2.90. The third-order valence-electron chi connectivity index (χ3n) is 4.33. The maximum atomic E-state index is 14.7. The number of halogens is 2. The third kappa shape index (κ3) is 3.86. The molecule has 9 heteroatoms. The van der Waals surface area contributed by atoms with Crippen LogP contribution in [0.25, 0.3) is 10.9 Å². The SMILES string of the molecule is CCOC(=O)c1cn(N(C)C=O)c2c(OCc3ccccc3)c(F)c(F)cc2c1=O. The number of rotatable bonds is 7. The van der Waals surface area contributed by atoms with Crippen molar-refractivity contribution in [1.82, 2.24) is 4.68 Å². The molecule has 156 valence electrons. The fourth-order valence-corrected chi connectivity index (χ4v) is 2.90. The first-order valence-corrected chi connectivity index (χ1v) is 8.98. The van der Waals surface area contributed by atoms with E-state index in [0.29, 0.717) is 18.0 Å². The molecule has 0 radical (unpaired) electrons. The van der Waals surface area contributed by atoms with Crippen LogP contribution < -0.4 is 15.2 Å². The van der Waals surface area contributed by atoms with E-state index in [1.807, 2.05) is 0 Å². The summed E-state index contributed by atoms with van der Waals surface area (Å²) in [5, 5.41) is 0.619. The smallest absolute Gasteiger partial charge is 0.343 e. The van der Waals surface area contributed by atoms with Gasteiger partial charge in [-0.2, -0.15) is 4.39 Å². The Hall–Kier alpha value is -3.75. The average Bonchev–Trinajstić information content (AvgIpc) is 2.75. The van der Waals surface area contributed by atoms with Crippen LogP contribution in [-0.2, 0) is 16.1 Å². The first kappa shape index (κ1) is 21.0. The summed E-state index contributed by atoms with van der Waals surface area (Å²) >= 11 is 0. The summed E-state index contributed by atoms with van der Waals surface area (Å²) in [6.45, 7) is 1.44. The number of hydrogen-bond donors (Lipinski definition) is 0. The molecule has 0 spiro atoms. The zero-order valence-corrected chi connectivity index (χ0v) is 16.2. The minimum atomic E-state index is -1.33. The Morgan fingerprint density at radius 1 is 1.23 bits per heavy atom. The summed E-state index contributed by atoms with van der Waals surface area (Å²) in [6, 6.07) is 9.40. The second kappa shape index (κ2) is 8.73. The first-order valence-electron chi connectivity index (χ1n) is 8.98. The van der Waals surface area contributed by atoms with Crippen LogP contribution in [0.5, 0.6) is 5.75 Å². The Morgan fingerprint density at radius 2 is 1.93 bits per heavy atom. The van der Waals surface area contributed by atoms with E-state index in [0.717, 1.165) is 15.9 Å². The van der Waals surface area contributed by atoms with Gasteiger partial charge in [0.25, 0.3) is 0 Å². The highest BCUT2D eigenvalue weighted by molar-refractivity contribution is 5.96. The minimum absolute atomic E-state index is 0.00302. The quantitative estimate of drug-likeness (QED) is 0.437. The molecule has 0 saturated carbocycles. The molecule has 0 N–H and O–H groups in total. The third-order valence-corrected chi connectivity index (χ3v) is 4.33. The van der Waals surface area contributed by atoms with Gasteiger partial charge in [0.1, 0.15) is 17.7 Å². The zero-order chi connectivity index (χ0) is 21.8. The summed E-state index contributed by atoms with van der Waals surface area (Å²) in [4.78, 5) is 36.4. The highest BCUT2D eigenvalue weighted by atomic mass is 19.2. The van der Waals surface area contributed by atoms with Gasteiger partial charge in [0, 0.05) is 13.2 Å². The van der Waals surface area contributed by atoms with Crippen molar-refractivity contribution >= 4 is 23.3 Å². The summed E-state index contributed by atoms with van der Waals surface area (Å²) in [6.07, 6.45) is 1.41. The summed E-state index contributed by atoms with van der Waals surface area (Å²) in [5.41, 5.74) is -0.826. The van der Waals surface area contributed by atoms with Gasteiger partial charge in [0.2, 0.25) is 17.7 Å². The highest BCUT2D eigenvalue weighted by Crippen LogP contribution is 2.31. The van der Waals surface area contributed by atoms with Gasteiger partial charge in [-0.15, -0.1) is 0 Å². The van der Waals surface area contributed by atoms with Gasteiger partial charge in [0.05, 0.1) is 12.0 Å². The molecule has 0 fully saturated rings. The van der Waals surface area contributed by atoms with Gasteiger partial charge in [0.15, 0.2) is 11.6 Å². The number of carbonyl (C=O) groups is 2. The molecule has 0 aliphatic rings. The monoisotopic (exact) mass is 416 g/mol. The molecule has 1 heterocycles. The number of carbonyl (C=O) groups excluding carboxylic acids is 2. The molecule has 30 heavy (non-hydrogen) atoms. The maximum absolute atomic E-state index is 14.7. The average molecular weight is 416 g/mol. The van der Waals surface area contributed by atoms with Crippen LogP contribution in [0.15, 0.2) is 47.4 Å². The number of hydrogen-bond acceptors (Lipinski definition) is 5. The predicted molar refractivity (Wildman–Crippen MR) is 105 cm³/mol. The second-order valence-corrected chi connectivity index (χ2v) is 6.29. The van der Waals surface area contributed by atoms with Gasteiger partial charge < -0.3 is 9.47 Å². The van der Waals surface area contributed by atoms with E-state index in [-0.39, 0.29) is 24.1 Å². The second-order valence-electron chi connectivity index (χ2n) is 6.29. The minimum Gasteiger partial charge on any atom is -0.483 e. The summed E-state index contributed by atoms with van der Waals surface area (Å²) in [7, 11) is 1.31. The molecule has 0 aliphatic heterocycles. The lowest BCUT2D eigenvalue weighted by Gasteiger charge is -2.21. The molecule has 3 aromatic rings. The fraction of sp³-hybridized carbons (Fsp3) is 0.190. The van der Waals surface area contributed by atoms with Crippen molar-refractivity contribution in [3.8, 4) is 5.75 Å². The number of pyridine rings is 1. The van der Waals surface area contributed by atoms with Crippen molar-refractivity contribution in [2.24, 2.45) is 0 Å². The van der Waals surface area contributed by atoms with Crippen LogP contribution >= 0.6 is 0 Å². The predicted octanol–water partition coefficient (Wildman–Crippen LogP) is 2.76. The van der Waals surface area contributed by atoms with Crippen LogP contribution in [-0.4, -0.2) is 30.7 Å². The molecule has 3 rings (SSSR count). The van der Waals surface area contributed by atoms with E-state index >= 15 is 0 Å². The molecular weight excluding hydrogens is 398 g/mol. The Bertz CT molecular complexity index is 1160. The van der Waals surface area contributed by atoms with E-state index in [2.05, 4.69) is 0 Å². The molecular formula is C21H18F2N2O5. The lowest BCUT2D eigenvalue weighted by Crippen LogP contribution is -2.32. The van der Waals surface area contributed by atoms with Crippen LogP contribution in [0.4, 0.5) is 8.78 Å². The number of esters is 1. The van der Waals surface area contributed by atoms with Crippen molar-refractivity contribution in [2.45, 2.75) is 13.5 Å². The number of fused-ring (bicyclic) bond motifs is 1. The van der Waals surface area contributed by atoms with Gasteiger partial charge in [-0.1, -0.05) is 30.3 Å². The van der Waals surface area contributed by atoms with Gasteiger partial charge in [-0.3, -0.25) is 19.3 Å². The summed E-state index contributed by atoms with van der Waals surface area (Å²) in [5.74, 6) is -4.16. The lowest BCUT2D eigenvalue weighted by molar-refractivity contribution is -0.108. The van der Waals surface area contributed by atoms with Crippen molar-refractivity contribution in [3.63, 3.8) is 0 Å². The number of amides is 1. The molecule has 7 nitrogen and oxygen atoms in total. The molecule has 0 bridgehead atoms. The first-order chi connectivity index (χ1) is 14.4. The molecule has 0 unspecified atom stereocenters. The number of benzene rings is 2. The Kier molecular flexibility index (Phi) is 6.10.